The molecule has 2 aromatic rings. The molecule has 0 unspecified atom stereocenters. The Morgan fingerprint density at radius 1 is 0.933 bits per heavy atom. The van der Waals surface area contributed by atoms with E-state index in [1.807, 2.05) is 0 Å². The maximum absolute atomic E-state index is 12.6. The number of allylic oxidation sites excluding steroid dienone is 1. The zero-order valence-corrected chi connectivity index (χ0v) is 18.7. The quantitative estimate of drug-likeness (QED) is 0.420. The van der Waals surface area contributed by atoms with Crippen LogP contribution in [0.1, 0.15) is 29.8 Å². The van der Waals surface area contributed by atoms with Crippen LogP contribution in [-0.4, -0.2) is 52.9 Å². The van der Waals surface area contributed by atoms with Crippen LogP contribution in [0.5, 0.6) is 17.2 Å². The van der Waals surface area contributed by atoms with Crippen molar-refractivity contribution in [1.29, 1.82) is 0 Å². The number of nitrogens with zero attached hydrogens (tertiary/aromatic N) is 1. The molecule has 0 fully saturated rings. The first-order chi connectivity index (χ1) is 14.3. The molecule has 0 atom stereocenters. The monoisotopic (exact) mass is 433 g/mol. The van der Waals surface area contributed by atoms with Gasteiger partial charge >= 0.3 is 0 Å². The third kappa shape index (κ3) is 5.01. The summed E-state index contributed by atoms with van der Waals surface area (Å²) in [6.45, 7) is 4.34. The second-order valence-corrected chi connectivity index (χ2v) is 8.21. The lowest BCUT2D eigenvalue weighted by molar-refractivity contribution is 0.104. The SMILES string of the molecule is CCN(CC)S(=O)(=O)c1ccc(C(=O)/C=C/c2cc(OC)c(OC)c(OC)c2)cc1. The third-order valence-electron chi connectivity index (χ3n) is 4.60. The molecule has 0 N–H and O–H groups in total. The Bertz CT molecular complexity index is 983. The summed E-state index contributed by atoms with van der Waals surface area (Å²) < 4.78 is 42.4. The van der Waals surface area contributed by atoms with Crippen molar-refractivity contribution >= 4 is 21.9 Å². The van der Waals surface area contributed by atoms with E-state index in [2.05, 4.69) is 0 Å². The fraction of sp³-hybridized carbons (Fsp3) is 0.318. The number of benzene rings is 2. The predicted molar refractivity (Wildman–Crippen MR) is 116 cm³/mol. The number of carbonyl (C=O) groups is 1. The summed E-state index contributed by atoms with van der Waals surface area (Å²) in [6.07, 6.45) is 3.04. The van der Waals surface area contributed by atoms with Gasteiger partial charge in [0.1, 0.15) is 0 Å². The van der Waals surface area contributed by atoms with Gasteiger partial charge in [-0.15, -0.1) is 0 Å². The molecular weight excluding hydrogens is 406 g/mol. The van der Waals surface area contributed by atoms with Gasteiger partial charge in [-0.25, -0.2) is 8.42 Å². The highest BCUT2D eigenvalue weighted by atomic mass is 32.2. The van der Waals surface area contributed by atoms with Gasteiger partial charge in [0, 0.05) is 18.7 Å². The van der Waals surface area contributed by atoms with E-state index in [9.17, 15) is 13.2 Å². The first kappa shape index (κ1) is 23.4. The number of ketones is 1. The van der Waals surface area contributed by atoms with E-state index in [4.69, 9.17) is 14.2 Å². The average Bonchev–Trinajstić information content (AvgIpc) is 2.77. The highest BCUT2D eigenvalue weighted by molar-refractivity contribution is 7.89. The highest BCUT2D eigenvalue weighted by Gasteiger charge is 2.21. The van der Waals surface area contributed by atoms with Crippen molar-refractivity contribution in [2.75, 3.05) is 34.4 Å². The maximum Gasteiger partial charge on any atom is 0.243 e. The molecule has 0 aromatic heterocycles. The second kappa shape index (κ2) is 10.3. The molecule has 0 aliphatic heterocycles. The largest absolute Gasteiger partial charge is 0.493 e. The minimum atomic E-state index is -3.56. The van der Waals surface area contributed by atoms with Crippen molar-refractivity contribution in [1.82, 2.24) is 4.31 Å². The predicted octanol–water partition coefficient (Wildman–Crippen LogP) is 3.64. The molecular formula is C22H27NO6S. The maximum atomic E-state index is 12.6. The second-order valence-electron chi connectivity index (χ2n) is 6.27. The Labute approximate surface area is 177 Å². The van der Waals surface area contributed by atoms with Gasteiger partial charge in [-0.3, -0.25) is 4.79 Å². The molecule has 30 heavy (non-hydrogen) atoms. The number of carbonyl (C=O) groups excluding carboxylic acids is 1. The van der Waals surface area contributed by atoms with Crippen LogP contribution in [-0.2, 0) is 10.0 Å². The van der Waals surface area contributed by atoms with Crippen molar-refractivity contribution in [2.45, 2.75) is 18.7 Å². The molecule has 0 amide bonds. The average molecular weight is 434 g/mol. The van der Waals surface area contributed by atoms with E-state index >= 15 is 0 Å². The third-order valence-corrected chi connectivity index (χ3v) is 6.66. The number of methoxy groups -OCH3 is 3. The Kier molecular flexibility index (Phi) is 8.02. The van der Waals surface area contributed by atoms with Crippen LogP contribution in [0.4, 0.5) is 0 Å². The Morgan fingerprint density at radius 2 is 1.47 bits per heavy atom. The summed E-state index contributed by atoms with van der Waals surface area (Å²) in [5, 5.41) is 0. The van der Waals surface area contributed by atoms with E-state index in [1.165, 1.54) is 56.0 Å². The summed E-state index contributed by atoms with van der Waals surface area (Å²) in [5.74, 6) is 1.17. The summed E-state index contributed by atoms with van der Waals surface area (Å²) in [4.78, 5) is 12.7. The van der Waals surface area contributed by atoms with E-state index in [1.54, 1.807) is 32.1 Å². The van der Waals surface area contributed by atoms with E-state index in [0.717, 1.165) is 0 Å². The lowest BCUT2D eigenvalue weighted by Gasteiger charge is -2.18. The van der Waals surface area contributed by atoms with Crippen LogP contribution in [0.2, 0.25) is 0 Å². The van der Waals surface area contributed by atoms with Crippen LogP contribution in [0.25, 0.3) is 6.08 Å². The Morgan fingerprint density at radius 3 is 1.90 bits per heavy atom. The molecule has 0 spiro atoms. The number of rotatable bonds is 10. The van der Waals surface area contributed by atoms with Crippen molar-refractivity contribution in [3.8, 4) is 17.2 Å². The highest BCUT2D eigenvalue weighted by Crippen LogP contribution is 2.38. The summed E-state index contributed by atoms with van der Waals surface area (Å²) >= 11 is 0. The number of hydrogen-bond donors (Lipinski definition) is 0. The van der Waals surface area contributed by atoms with Gasteiger partial charge in [0.2, 0.25) is 15.8 Å². The van der Waals surface area contributed by atoms with Crippen molar-refractivity contribution < 1.29 is 27.4 Å². The molecule has 2 rings (SSSR count). The lowest BCUT2D eigenvalue weighted by atomic mass is 10.1. The number of sulfonamides is 1. The Balaban J connectivity index is 2.25. The van der Waals surface area contributed by atoms with E-state index in [-0.39, 0.29) is 10.7 Å². The van der Waals surface area contributed by atoms with Crippen molar-refractivity contribution in [3.05, 3.63) is 53.6 Å². The minimum Gasteiger partial charge on any atom is -0.493 e. The first-order valence-corrected chi connectivity index (χ1v) is 10.9. The van der Waals surface area contributed by atoms with Crippen molar-refractivity contribution in [3.63, 3.8) is 0 Å². The molecule has 7 nitrogen and oxygen atoms in total. The first-order valence-electron chi connectivity index (χ1n) is 9.44. The smallest absolute Gasteiger partial charge is 0.243 e. The van der Waals surface area contributed by atoms with E-state index in [0.29, 0.717) is 41.5 Å². The topological polar surface area (TPSA) is 82.1 Å². The van der Waals surface area contributed by atoms with Gasteiger partial charge in [0.25, 0.3) is 0 Å². The summed E-state index contributed by atoms with van der Waals surface area (Å²) in [6, 6.07) is 9.38. The van der Waals surface area contributed by atoms with Crippen LogP contribution in [0.15, 0.2) is 47.4 Å². The summed E-state index contributed by atoms with van der Waals surface area (Å²) in [5.41, 5.74) is 1.08. The molecule has 0 aliphatic rings. The van der Waals surface area contributed by atoms with Crippen LogP contribution in [0, 0.1) is 0 Å². The molecule has 0 heterocycles. The molecule has 0 aliphatic carbocycles. The minimum absolute atomic E-state index is 0.163. The van der Waals surface area contributed by atoms with Gasteiger partial charge in [-0.05, 0) is 48.0 Å². The van der Waals surface area contributed by atoms with Gasteiger partial charge in [0.05, 0.1) is 26.2 Å². The van der Waals surface area contributed by atoms with Gasteiger partial charge < -0.3 is 14.2 Å². The molecule has 162 valence electrons. The molecule has 0 saturated heterocycles. The normalized spacial score (nSPS) is 11.7. The van der Waals surface area contributed by atoms with Gasteiger partial charge in [0.15, 0.2) is 17.3 Å². The van der Waals surface area contributed by atoms with Crippen LogP contribution in [0.3, 0.4) is 0 Å². The van der Waals surface area contributed by atoms with Gasteiger partial charge in [-0.2, -0.15) is 4.31 Å². The fourth-order valence-corrected chi connectivity index (χ4v) is 4.43. The molecule has 0 radical (unpaired) electrons. The number of ether oxygens (including phenoxy) is 3. The summed E-state index contributed by atoms with van der Waals surface area (Å²) in [7, 11) is 0.996. The van der Waals surface area contributed by atoms with E-state index < -0.39 is 10.0 Å². The number of hydrogen-bond acceptors (Lipinski definition) is 6. The van der Waals surface area contributed by atoms with Crippen LogP contribution < -0.4 is 14.2 Å². The zero-order valence-electron chi connectivity index (χ0n) is 17.8. The molecule has 8 heteroatoms. The lowest BCUT2D eigenvalue weighted by Crippen LogP contribution is -2.30. The Hall–Kier alpha value is -2.84. The standard InChI is InChI=1S/C22H27NO6S/c1-6-23(7-2)30(25,26)18-11-9-17(10-12-18)19(24)13-8-16-14-20(27-3)22(29-5)21(15-16)28-4/h8-15H,6-7H2,1-5H3/b13-8+. The fourth-order valence-electron chi connectivity index (χ4n) is 2.97. The zero-order chi connectivity index (χ0) is 22.3. The van der Waals surface area contributed by atoms with Crippen molar-refractivity contribution in [2.24, 2.45) is 0 Å². The molecule has 2 aromatic carbocycles. The molecule has 0 saturated carbocycles. The van der Waals surface area contributed by atoms with Gasteiger partial charge in [-0.1, -0.05) is 19.9 Å². The van der Waals surface area contributed by atoms with Crippen LogP contribution >= 0.6 is 0 Å². The molecule has 0 bridgehead atoms.